The first kappa shape index (κ1) is 26.3. The van der Waals surface area contributed by atoms with Gasteiger partial charge in [-0.3, -0.25) is 0 Å². The van der Waals surface area contributed by atoms with Crippen LogP contribution in [-0.2, 0) is 0 Å². The molecule has 4 nitrogen and oxygen atoms in total. The summed E-state index contributed by atoms with van der Waals surface area (Å²) in [5.41, 5.74) is 7.93. The number of aryl methyl sites for hydroxylation is 1. The highest BCUT2D eigenvalue weighted by atomic mass is 16.3. The van der Waals surface area contributed by atoms with Crippen LogP contribution in [0.2, 0.25) is 0 Å². The molecule has 0 saturated carbocycles. The topological polar surface area (TPSA) is 51.8 Å². The molecule has 9 aromatic rings. The fourth-order valence-electron chi connectivity index (χ4n) is 6.41. The molecule has 0 aliphatic heterocycles. The molecule has 0 aliphatic carbocycles. The molecule has 0 amide bonds. The second-order valence-corrected chi connectivity index (χ2v) is 11.7. The minimum absolute atomic E-state index is 0.630. The Morgan fingerprint density at radius 2 is 0.870 bits per heavy atom. The van der Waals surface area contributed by atoms with Crippen molar-refractivity contribution in [3.63, 3.8) is 0 Å². The first-order valence-corrected chi connectivity index (χ1v) is 15.4. The number of aromatic nitrogens is 3. The van der Waals surface area contributed by atoms with E-state index < -0.39 is 0 Å². The Morgan fingerprint density at radius 1 is 0.391 bits per heavy atom. The average Bonchev–Trinajstić information content (AvgIpc) is 3.51. The van der Waals surface area contributed by atoms with Gasteiger partial charge in [0, 0.05) is 33.0 Å². The third kappa shape index (κ3) is 4.42. The molecule has 7 aromatic carbocycles. The summed E-state index contributed by atoms with van der Waals surface area (Å²) in [7, 11) is 0. The van der Waals surface area contributed by atoms with Crippen LogP contribution >= 0.6 is 0 Å². The predicted molar refractivity (Wildman–Crippen MR) is 189 cm³/mol. The van der Waals surface area contributed by atoms with Gasteiger partial charge in [0.1, 0.15) is 11.2 Å². The van der Waals surface area contributed by atoms with Gasteiger partial charge < -0.3 is 4.42 Å². The summed E-state index contributed by atoms with van der Waals surface area (Å²) in [4.78, 5) is 15.0. The lowest BCUT2D eigenvalue weighted by atomic mass is 10.0. The lowest BCUT2D eigenvalue weighted by molar-refractivity contribution is 0.667. The minimum Gasteiger partial charge on any atom is -0.455 e. The summed E-state index contributed by atoms with van der Waals surface area (Å²) >= 11 is 0. The van der Waals surface area contributed by atoms with Crippen LogP contribution in [0.5, 0.6) is 0 Å². The normalized spacial score (nSPS) is 11.6. The van der Waals surface area contributed by atoms with Crippen molar-refractivity contribution < 1.29 is 4.42 Å². The van der Waals surface area contributed by atoms with E-state index in [1.165, 1.54) is 10.8 Å². The number of rotatable bonds is 4. The van der Waals surface area contributed by atoms with Crippen molar-refractivity contribution >= 4 is 43.5 Å². The number of hydrogen-bond acceptors (Lipinski definition) is 4. The van der Waals surface area contributed by atoms with Crippen molar-refractivity contribution in [3.8, 4) is 45.3 Å². The predicted octanol–water partition coefficient (Wildman–Crippen LogP) is 11.1. The van der Waals surface area contributed by atoms with Crippen LogP contribution in [0.3, 0.4) is 0 Å². The highest BCUT2D eigenvalue weighted by molar-refractivity contribution is 6.10. The Hall–Kier alpha value is -6.13. The fraction of sp³-hybridized carbons (Fsp3) is 0.0238. The van der Waals surface area contributed by atoms with E-state index >= 15 is 0 Å². The van der Waals surface area contributed by atoms with Crippen LogP contribution in [0.25, 0.3) is 88.8 Å². The molecule has 0 bridgehead atoms. The standard InChI is InChI=1S/C42H27N3O/c1-26-8-6-14-36-37-15-7-13-35(39(37)46-38(26)36)29-18-20-30(21-19-29)40-43-41(33-22-16-27-9-2-4-11-31(27)24-33)45-42(44-40)34-23-17-28-10-3-5-12-32(28)25-34/h2-25H,1H3. The van der Waals surface area contributed by atoms with E-state index in [2.05, 4.69) is 153 Å². The van der Waals surface area contributed by atoms with Crippen LogP contribution < -0.4 is 0 Å². The molecule has 0 fully saturated rings. The van der Waals surface area contributed by atoms with Gasteiger partial charge in [-0.25, -0.2) is 15.0 Å². The number of furan rings is 1. The summed E-state index contributed by atoms with van der Waals surface area (Å²) in [5, 5.41) is 6.92. The van der Waals surface area contributed by atoms with Crippen molar-refractivity contribution in [1.82, 2.24) is 15.0 Å². The maximum atomic E-state index is 6.44. The van der Waals surface area contributed by atoms with Gasteiger partial charge >= 0.3 is 0 Å². The highest BCUT2D eigenvalue weighted by Gasteiger charge is 2.16. The minimum atomic E-state index is 0.630. The largest absolute Gasteiger partial charge is 0.455 e. The second kappa shape index (κ2) is 10.5. The lowest BCUT2D eigenvalue weighted by Crippen LogP contribution is -2.00. The van der Waals surface area contributed by atoms with Crippen molar-refractivity contribution in [3.05, 3.63) is 151 Å². The van der Waals surface area contributed by atoms with Crippen LogP contribution in [0.4, 0.5) is 0 Å². The van der Waals surface area contributed by atoms with E-state index in [-0.39, 0.29) is 0 Å². The van der Waals surface area contributed by atoms with E-state index in [4.69, 9.17) is 19.4 Å². The zero-order valence-corrected chi connectivity index (χ0v) is 25.1. The van der Waals surface area contributed by atoms with Gasteiger partial charge in [0.2, 0.25) is 0 Å². The van der Waals surface area contributed by atoms with E-state index in [0.717, 1.165) is 66.1 Å². The van der Waals surface area contributed by atoms with E-state index in [9.17, 15) is 0 Å². The molecule has 0 radical (unpaired) electrons. The second-order valence-electron chi connectivity index (χ2n) is 11.7. The first-order valence-electron chi connectivity index (χ1n) is 15.4. The molecule has 46 heavy (non-hydrogen) atoms. The molecular weight excluding hydrogens is 562 g/mol. The molecule has 0 aliphatic rings. The summed E-state index contributed by atoms with van der Waals surface area (Å²) in [6.45, 7) is 2.09. The van der Waals surface area contributed by atoms with Gasteiger partial charge in [-0.15, -0.1) is 0 Å². The van der Waals surface area contributed by atoms with E-state index in [1.807, 2.05) is 0 Å². The molecular formula is C42H27N3O. The average molecular weight is 590 g/mol. The van der Waals surface area contributed by atoms with E-state index in [0.29, 0.717) is 17.5 Å². The van der Waals surface area contributed by atoms with Gasteiger partial charge in [-0.2, -0.15) is 0 Å². The molecule has 0 unspecified atom stereocenters. The number of fused-ring (bicyclic) bond motifs is 5. The van der Waals surface area contributed by atoms with Gasteiger partial charge in [0.25, 0.3) is 0 Å². The molecule has 0 atom stereocenters. The Kier molecular flexibility index (Phi) is 6.00. The Morgan fingerprint density at radius 3 is 1.48 bits per heavy atom. The third-order valence-corrected chi connectivity index (χ3v) is 8.83. The summed E-state index contributed by atoms with van der Waals surface area (Å²) in [6.07, 6.45) is 0. The smallest absolute Gasteiger partial charge is 0.164 e. The zero-order valence-electron chi connectivity index (χ0n) is 25.1. The summed E-state index contributed by atoms with van der Waals surface area (Å²) < 4.78 is 6.44. The number of para-hydroxylation sites is 2. The summed E-state index contributed by atoms with van der Waals surface area (Å²) in [5.74, 6) is 1.92. The molecule has 9 rings (SSSR count). The maximum absolute atomic E-state index is 6.44. The number of benzene rings is 7. The van der Waals surface area contributed by atoms with Crippen LogP contribution in [0, 0.1) is 6.92 Å². The first-order chi connectivity index (χ1) is 22.7. The Labute approximate surface area is 265 Å². The molecule has 2 heterocycles. The van der Waals surface area contributed by atoms with Crippen molar-refractivity contribution in [2.24, 2.45) is 0 Å². The van der Waals surface area contributed by atoms with Gasteiger partial charge in [0.15, 0.2) is 17.5 Å². The quantitative estimate of drug-likeness (QED) is 0.205. The Bertz CT molecular complexity index is 2500. The lowest BCUT2D eigenvalue weighted by Gasteiger charge is -2.10. The number of hydrogen-bond donors (Lipinski definition) is 0. The maximum Gasteiger partial charge on any atom is 0.164 e. The van der Waals surface area contributed by atoms with Crippen LogP contribution in [0.1, 0.15) is 5.56 Å². The van der Waals surface area contributed by atoms with Crippen molar-refractivity contribution in [1.29, 1.82) is 0 Å². The third-order valence-electron chi connectivity index (χ3n) is 8.83. The van der Waals surface area contributed by atoms with E-state index in [1.54, 1.807) is 0 Å². The summed E-state index contributed by atoms with van der Waals surface area (Å²) in [6, 6.07) is 50.5. The van der Waals surface area contributed by atoms with Gasteiger partial charge in [0.05, 0.1) is 0 Å². The van der Waals surface area contributed by atoms with Crippen molar-refractivity contribution in [2.75, 3.05) is 0 Å². The molecule has 2 aromatic heterocycles. The molecule has 4 heteroatoms. The zero-order chi connectivity index (χ0) is 30.6. The Balaban J connectivity index is 1.18. The van der Waals surface area contributed by atoms with Gasteiger partial charge in [-0.1, -0.05) is 133 Å². The van der Waals surface area contributed by atoms with Crippen molar-refractivity contribution in [2.45, 2.75) is 6.92 Å². The molecule has 216 valence electrons. The molecule has 0 N–H and O–H groups in total. The van der Waals surface area contributed by atoms with Gasteiger partial charge in [-0.05, 0) is 51.7 Å². The molecule has 0 saturated heterocycles. The van der Waals surface area contributed by atoms with Crippen LogP contribution in [-0.4, -0.2) is 15.0 Å². The highest BCUT2D eigenvalue weighted by Crippen LogP contribution is 2.37. The van der Waals surface area contributed by atoms with Crippen LogP contribution in [0.15, 0.2) is 150 Å². The fourth-order valence-corrected chi connectivity index (χ4v) is 6.41. The SMILES string of the molecule is Cc1cccc2c1oc1c(-c3ccc(-c4nc(-c5ccc6ccccc6c5)nc(-c5ccc6ccccc6c5)n4)cc3)cccc12. The molecule has 0 spiro atoms. The number of nitrogens with zero attached hydrogens (tertiary/aromatic N) is 3. The monoisotopic (exact) mass is 589 g/mol.